The normalized spacial score (nSPS) is 12.9. The van der Waals surface area contributed by atoms with Gasteiger partial charge in [0, 0.05) is 36.3 Å². The van der Waals surface area contributed by atoms with Gasteiger partial charge in [0.2, 0.25) is 0 Å². The Balaban J connectivity index is 1.77. The summed E-state index contributed by atoms with van der Waals surface area (Å²) >= 11 is 0. The second-order valence-corrected chi connectivity index (χ2v) is 10.7. The van der Waals surface area contributed by atoms with Crippen LogP contribution in [0.3, 0.4) is 0 Å². The van der Waals surface area contributed by atoms with E-state index in [9.17, 15) is 19.1 Å². The van der Waals surface area contributed by atoms with Crippen LogP contribution in [0.2, 0.25) is 0 Å². The largest absolute Gasteiger partial charge is 0.390 e. The number of aliphatic hydroxyl groups excluding tert-OH is 1. The molecule has 2 amide bonds. The fraction of sp³-hybridized carbons (Fsp3) is 0.394. The third-order valence-corrected chi connectivity index (χ3v) is 7.02. The number of halogens is 1. The van der Waals surface area contributed by atoms with Crippen LogP contribution >= 0.6 is 0 Å². The van der Waals surface area contributed by atoms with Gasteiger partial charge < -0.3 is 20.6 Å². The van der Waals surface area contributed by atoms with Gasteiger partial charge in [0.1, 0.15) is 5.82 Å². The highest BCUT2D eigenvalue weighted by molar-refractivity contribution is 5.99. The van der Waals surface area contributed by atoms with E-state index in [1.165, 1.54) is 12.1 Å². The molecule has 6 nitrogen and oxygen atoms in total. The van der Waals surface area contributed by atoms with Crippen LogP contribution in [-0.2, 0) is 12.0 Å². The maximum Gasteiger partial charge on any atom is 0.253 e. The van der Waals surface area contributed by atoms with Crippen molar-refractivity contribution < 1.29 is 19.1 Å². The number of nitrogens with one attached hydrogen (secondary N) is 2. The molecule has 0 aromatic heterocycles. The molecule has 0 aliphatic heterocycles. The molecule has 3 aromatic carbocycles. The summed E-state index contributed by atoms with van der Waals surface area (Å²) in [5.41, 5.74) is 1.94. The summed E-state index contributed by atoms with van der Waals surface area (Å²) < 4.78 is 13.8. The van der Waals surface area contributed by atoms with Gasteiger partial charge in [-0.2, -0.15) is 0 Å². The van der Waals surface area contributed by atoms with E-state index in [0.717, 1.165) is 24.0 Å². The topological polar surface area (TPSA) is 81.7 Å². The maximum absolute atomic E-state index is 13.8. The Bertz CT molecular complexity index is 1240. The smallest absolute Gasteiger partial charge is 0.253 e. The third-order valence-electron chi connectivity index (χ3n) is 7.02. The minimum Gasteiger partial charge on any atom is -0.390 e. The Labute approximate surface area is 237 Å². The van der Waals surface area contributed by atoms with E-state index in [1.807, 2.05) is 69.0 Å². The van der Waals surface area contributed by atoms with Crippen molar-refractivity contribution in [1.29, 1.82) is 0 Å². The third kappa shape index (κ3) is 8.73. The first kappa shape index (κ1) is 31.0. The molecule has 7 heteroatoms. The quantitative estimate of drug-likeness (QED) is 0.255. The van der Waals surface area contributed by atoms with Crippen LogP contribution in [0.1, 0.15) is 72.4 Å². The molecule has 40 heavy (non-hydrogen) atoms. The molecule has 0 heterocycles. The summed E-state index contributed by atoms with van der Waals surface area (Å²) in [6.07, 6.45) is 1.19. The molecule has 0 radical (unpaired) electrons. The number of hydrogen-bond donors (Lipinski definition) is 3. The van der Waals surface area contributed by atoms with Crippen LogP contribution < -0.4 is 10.6 Å². The lowest BCUT2D eigenvalue weighted by Crippen LogP contribution is -2.51. The molecule has 0 saturated heterocycles. The van der Waals surface area contributed by atoms with Crippen molar-refractivity contribution in [3.05, 3.63) is 107 Å². The predicted molar refractivity (Wildman–Crippen MR) is 158 cm³/mol. The zero-order valence-electron chi connectivity index (χ0n) is 24.0. The molecule has 214 valence electrons. The van der Waals surface area contributed by atoms with Gasteiger partial charge in [0.05, 0.1) is 12.1 Å². The van der Waals surface area contributed by atoms with E-state index >= 15 is 0 Å². The molecule has 0 unspecified atom stereocenters. The lowest BCUT2D eigenvalue weighted by atomic mass is 9.93. The summed E-state index contributed by atoms with van der Waals surface area (Å²) in [7, 11) is 0. The Morgan fingerprint density at radius 2 is 1.55 bits per heavy atom. The summed E-state index contributed by atoms with van der Waals surface area (Å²) in [5, 5.41) is 17.6. The number of benzene rings is 3. The van der Waals surface area contributed by atoms with E-state index in [1.54, 1.807) is 30.3 Å². The molecule has 0 bridgehead atoms. The van der Waals surface area contributed by atoms with E-state index in [4.69, 9.17) is 0 Å². The SMILES string of the molecule is CCCN(CCC)C(=O)c1cccc(C(=O)N[C@@H](Cc2ccccc2)[C@H](O)CNC(C)(C)c2cccc(F)c2)c1. The highest BCUT2D eigenvalue weighted by Gasteiger charge is 2.27. The summed E-state index contributed by atoms with van der Waals surface area (Å²) in [6.45, 7) is 9.40. The molecule has 0 aliphatic rings. The number of rotatable bonds is 14. The first-order valence-electron chi connectivity index (χ1n) is 14.1. The lowest BCUT2D eigenvalue weighted by molar-refractivity contribution is 0.0755. The van der Waals surface area contributed by atoms with Gasteiger partial charge in [0.25, 0.3) is 11.8 Å². The fourth-order valence-electron chi connectivity index (χ4n) is 4.72. The summed E-state index contributed by atoms with van der Waals surface area (Å²) in [5.74, 6) is -0.782. The molecule has 2 atom stereocenters. The van der Waals surface area contributed by atoms with Crippen LogP contribution in [0.4, 0.5) is 4.39 Å². The van der Waals surface area contributed by atoms with Crippen molar-refractivity contribution in [3.8, 4) is 0 Å². The van der Waals surface area contributed by atoms with Gasteiger partial charge in [-0.1, -0.05) is 62.4 Å². The summed E-state index contributed by atoms with van der Waals surface area (Å²) in [4.78, 5) is 28.3. The highest BCUT2D eigenvalue weighted by Crippen LogP contribution is 2.21. The van der Waals surface area contributed by atoms with Gasteiger partial charge in [-0.3, -0.25) is 9.59 Å². The molecule has 0 fully saturated rings. The standard InChI is InChI=1S/C33H42FN3O3/c1-5-18-37(19-6-2)32(40)26-15-10-14-25(21-26)31(39)36-29(20-24-12-8-7-9-13-24)30(38)23-35-33(3,4)27-16-11-17-28(34)22-27/h7-17,21-22,29-30,35,38H,5-6,18-20,23H2,1-4H3,(H,36,39)/t29-,30+/m0/s1. The number of hydrogen-bond acceptors (Lipinski definition) is 4. The van der Waals surface area contributed by atoms with Gasteiger partial charge in [-0.15, -0.1) is 0 Å². The number of aliphatic hydroxyl groups is 1. The van der Waals surface area contributed by atoms with Crippen LogP contribution in [0.25, 0.3) is 0 Å². The Morgan fingerprint density at radius 3 is 2.20 bits per heavy atom. The van der Waals surface area contributed by atoms with Gasteiger partial charge >= 0.3 is 0 Å². The average molecular weight is 548 g/mol. The molecule has 0 spiro atoms. The molecule has 0 aliphatic carbocycles. The van der Waals surface area contributed by atoms with E-state index in [2.05, 4.69) is 10.6 Å². The average Bonchev–Trinajstić information content (AvgIpc) is 2.95. The van der Waals surface area contributed by atoms with Crippen molar-refractivity contribution >= 4 is 11.8 Å². The second-order valence-electron chi connectivity index (χ2n) is 10.7. The molecular weight excluding hydrogens is 505 g/mol. The first-order chi connectivity index (χ1) is 19.1. The van der Waals surface area contributed by atoms with Gasteiger partial charge in [-0.25, -0.2) is 4.39 Å². The molecule has 3 aromatic rings. The monoisotopic (exact) mass is 547 g/mol. The molecular formula is C33H42FN3O3. The van der Waals surface area contributed by atoms with Gasteiger partial charge in [-0.05, 0) is 74.6 Å². The minimum atomic E-state index is -0.939. The Hall–Kier alpha value is -3.55. The van der Waals surface area contributed by atoms with E-state index in [0.29, 0.717) is 30.6 Å². The number of nitrogens with zero attached hydrogens (tertiary/aromatic N) is 1. The maximum atomic E-state index is 13.8. The van der Waals surface area contributed by atoms with Crippen molar-refractivity contribution in [2.75, 3.05) is 19.6 Å². The van der Waals surface area contributed by atoms with Gasteiger partial charge in [0.15, 0.2) is 0 Å². The molecule has 3 rings (SSSR count). The van der Waals surface area contributed by atoms with Crippen molar-refractivity contribution in [3.63, 3.8) is 0 Å². The lowest BCUT2D eigenvalue weighted by Gasteiger charge is -2.31. The van der Waals surface area contributed by atoms with Crippen molar-refractivity contribution in [2.45, 2.75) is 64.6 Å². The summed E-state index contributed by atoms with van der Waals surface area (Å²) in [6, 6.07) is 22.1. The second kappa shape index (κ2) is 14.7. The zero-order valence-corrected chi connectivity index (χ0v) is 24.0. The van der Waals surface area contributed by atoms with E-state index in [-0.39, 0.29) is 24.2 Å². The number of carbonyl (C=O) groups excluding carboxylic acids is 2. The zero-order chi connectivity index (χ0) is 29.1. The van der Waals surface area contributed by atoms with Crippen molar-refractivity contribution in [1.82, 2.24) is 15.5 Å². The minimum absolute atomic E-state index is 0.0944. The molecule has 0 saturated carbocycles. The van der Waals surface area contributed by atoms with Crippen LogP contribution in [-0.4, -0.2) is 53.6 Å². The number of carbonyl (C=O) groups is 2. The first-order valence-corrected chi connectivity index (χ1v) is 14.1. The predicted octanol–water partition coefficient (Wildman–Crippen LogP) is 5.31. The van der Waals surface area contributed by atoms with Crippen LogP contribution in [0.15, 0.2) is 78.9 Å². The Kier molecular flexibility index (Phi) is 11.4. The fourth-order valence-corrected chi connectivity index (χ4v) is 4.72. The number of amides is 2. The van der Waals surface area contributed by atoms with E-state index < -0.39 is 17.7 Å². The molecule has 3 N–H and O–H groups in total. The van der Waals surface area contributed by atoms with Crippen molar-refractivity contribution in [2.24, 2.45) is 0 Å². The van der Waals surface area contributed by atoms with Crippen LogP contribution in [0.5, 0.6) is 0 Å². The van der Waals surface area contributed by atoms with Crippen LogP contribution in [0, 0.1) is 5.82 Å². The highest BCUT2D eigenvalue weighted by atomic mass is 19.1. The Morgan fingerprint density at radius 1 is 0.900 bits per heavy atom.